The van der Waals surface area contributed by atoms with Gasteiger partial charge in [-0.3, -0.25) is 9.59 Å². The van der Waals surface area contributed by atoms with Gasteiger partial charge in [-0.1, -0.05) is 45.2 Å². The fraction of sp³-hybridized carbons (Fsp3) is 0.300. The summed E-state index contributed by atoms with van der Waals surface area (Å²) in [5.41, 5.74) is 0.582. The highest BCUT2D eigenvalue weighted by molar-refractivity contribution is 9.10. The van der Waals surface area contributed by atoms with Crippen LogP contribution >= 0.6 is 39.1 Å². The van der Waals surface area contributed by atoms with Crippen LogP contribution in [0.2, 0.25) is 10.0 Å². The Morgan fingerprint density at radius 1 is 1.14 bits per heavy atom. The van der Waals surface area contributed by atoms with Crippen LogP contribution in [-0.4, -0.2) is 35.9 Å². The Bertz CT molecular complexity index is 810. The van der Waals surface area contributed by atoms with Crippen molar-refractivity contribution in [3.63, 3.8) is 0 Å². The summed E-state index contributed by atoms with van der Waals surface area (Å²) in [6.07, 6.45) is 0. The van der Waals surface area contributed by atoms with E-state index in [0.717, 1.165) is 4.47 Å². The summed E-state index contributed by atoms with van der Waals surface area (Å²) in [5, 5.41) is 3.60. The molecule has 2 aromatic rings. The Kier molecular flexibility index (Phi) is 8.60. The van der Waals surface area contributed by atoms with E-state index in [9.17, 15) is 9.59 Å². The van der Waals surface area contributed by atoms with Gasteiger partial charge in [-0.2, -0.15) is 0 Å². The molecule has 1 atom stereocenters. The van der Waals surface area contributed by atoms with Crippen molar-refractivity contribution in [1.82, 2.24) is 10.2 Å². The molecule has 0 saturated carbocycles. The maximum absolute atomic E-state index is 12.9. The molecule has 8 heteroatoms. The van der Waals surface area contributed by atoms with Gasteiger partial charge in [-0.25, -0.2) is 0 Å². The van der Waals surface area contributed by atoms with Gasteiger partial charge in [0.2, 0.25) is 5.91 Å². The SMILES string of the molecule is CCNC(=O)[C@@H](C)N(Cc1c(Cl)cccc1Cl)C(=O)COc1ccc(Br)cc1. The van der Waals surface area contributed by atoms with Crippen LogP contribution in [0.5, 0.6) is 5.75 Å². The molecular formula is C20H21BrCl2N2O3. The number of halogens is 3. The van der Waals surface area contributed by atoms with Gasteiger partial charge in [0.15, 0.2) is 6.61 Å². The van der Waals surface area contributed by atoms with Gasteiger partial charge in [0, 0.05) is 33.2 Å². The molecule has 2 aromatic carbocycles. The summed E-state index contributed by atoms with van der Waals surface area (Å²) in [5.74, 6) is -0.0572. The van der Waals surface area contributed by atoms with Gasteiger partial charge in [0.1, 0.15) is 11.8 Å². The predicted octanol–water partition coefficient (Wildman–Crippen LogP) is 4.69. The molecule has 150 valence electrons. The highest BCUT2D eigenvalue weighted by atomic mass is 79.9. The zero-order chi connectivity index (χ0) is 20.7. The maximum Gasteiger partial charge on any atom is 0.261 e. The van der Waals surface area contributed by atoms with E-state index in [4.69, 9.17) is 27.9 Å². The number of benzene rings is 2. The number of amides is 2. The van der Waals surface area contributed by atoms with E-state index >= 15 is 0 Å². The van der Waals surface area contributed by atoms with Gasteiger partial charge in [-0.15, -0.1) is 0 Å². The number of hydrogen-bond donors (Lipinski definition) is 1. The lowest BCUT2D eigenvalue weighted by atomic mass is 10.1. The minimum Gasteiger partial charge on any atom is -0.484 e. The molecular weight excluding hydrogens is 467 g/mol. The number of likely N-dealkylation sites (N-methyl/N-ethyl adjacent to an activating group) is 1. The van der Waals surface area contributed by atoms with E-state index in [-0.39, 0.29) is 25.0 Å². The monoisotopic (exact) mass is 486 g/mol. The fourth-order valence-corrected chi connectivity index (χ4v) is 3.30. The van der Waals surface area contributed by atoms with Crippen molar-refractivity contribution in [2.45, 2.75) is 26.4 Å². The van der Waals surface area contributed by atoms with Crippen LogP contribution in [0, 0.1) is 0 Å². The summed E-state index contributed by atoms with van der Waals surface area (Å²) < 4.78 is 6.49. The predicted molar refractivity (Wildman–Crippen MR) is 115 cm³/mol. The molecule has 0 aliphatic rings. The van der Waals surface area contributed by atoms with Crippen LogP contribution < -0.4 is 10.1 Å². The third-order valence-corrected chi connectivity index (χ3v) is 5.32. The van der Waals surface area contributed by atoms with Crippen LogP contribution in [0.3, 0.4) is 0 Å². The smallest absolute Gasteiger partial charge is 0.261 e. The zero-order valence-corrected chi connectivity index (χ0v) is 18.6. The largest absolute Gasteiger partial charge is 0.484 e. The van der Waals surface area contributed by atoms with Crippen molar-refractivity contribution in [1.29, 1.82) is 0 Å². The van der Waals surface area contributed by atoms with Gasteiger partial charge in [0.05, 0.1) is 0 Å². The minimum atomic E-state index is -0.715. The van der Waals surface area contributed by atoms with E-state index in [1.54, 1.807) is 37.3 Å². The Morgan fingerprint density at radius 3 is 2.32 bits per heavy atom. The average molecular weight is 488 g/mol. The van der Waals surface area contributed by atoms with Crippen molar-refractivity contribution in [2.24, 2.45) is 0 Å². The second-order valence-electron chi connectivity index (χ2n) is 6.04. The second-order valence-corrected chi connectivity index (χ2v) is 7.77. The summed E-state index contributed by atoms with van der Waals surface area (Å²) in [6.45, 7) is 3.83. The first-order valence-electron chi connectivity index (χ1n) is 8.72. The first-order valence-corrected chi connectivity index (χ1v) is 10.3. The number of hydrogen-bond acceptors (Lipinski definition) is 3. The highest BCUT2D eigenvalue weighted by Gasteiger charge is 2.27. The Morgan fingerprint density at radius 2 is 1.75 bits per heavy atom. The van der Waals surface area contributed by atoms with Crippen molar-refractivity contribution >= 4 is 50.9 Å². The Balaban J connectivity index is 2.20. The number of nitrogens with one attached hydrogen (secondary N) is 1. The third-order valence-electron chi connectivity index (χ3n) is 4.08. The molecule has 0 aliphatic carbocycles. The standard InChI is InChI=1S/C20H21BrCl2N2O3/c1-3-24-20(27)13(2)25(11-16-17(22)5-4-6-18(16)23)19(26)12-28-15-9-7-14(21)8-10-15/h4-10,13H,3,11-12H2,1-2H3,(H,24,27)/t13-/m1/s1. The second kappa shape index (κ2) is 10.7. The molecule has 2 amide bonds. The zero-order valence-electron chi connectivity index (χ0n) is 15.5. The molecule has 0 heterocycles. The van der Waals surface area contributed by atoms with E-state index in [0.29, 0.717) is 27.9 Å². The van der Waals surface area contributed by atoms with E-state index in [1.165, 1.54) is 4.90 Å². The van der Waals surface area contributed by atoms with Crippen LogP contribution in [-0.2, 0) is 16.1 Å². The maximum atomic E-state index is 12.9. The van der Waals surface area contributed by atoms with Crippen molar-refractivity contribution in [3.05, 3.63) is 62.5 Å². The molecule has 28 heavy (non-hydrogen) atoms. The summed E-state index contributed by atoms with van der Waals surface area (Å²) in [6, 6.07) is 11.5. The van der Waals surface area contributed by atoms with Gasteiger partial charge >= 0.3 is 0 Å². The normalized spacial score (nSPS) is 11.6. The number of rotatable bonds is 8. The van der Waals surface area contributed by atoms with E-state index in [2.05, 4.69) is 21.2 Å². The highest BCUT2D eigenvalue weighted by Crippen LogP contribution is 2.26. The van der Waals surface area contributed by atoms with Crippen molar-refractivity contribution < 1.29 is 14.3 Å². The molecule has 0 fully saturated rings. The number of carbonyl (C=O) groups excluding carboxylic acids is 2. The molecule has 2 rings (SSSR count). The van der Waals surface area contributed by atoms with Crippen LogP contribution in [0.15, 0.2) is 46.9 Å². The van der Waals surface area contributed by atoms with Crippen LogP contribution in [0.4, 0.5) is 0 Å². The topological polar surface area (TPSA) is 58.6 Å². The van der Waals surface area contributed by atoms with Gasteiger partial charge in [0.25, 0.3) is 5.91 Å². The average Bonchev–Trinajstić information content (AvgIpc) is 2.67. The Hall–Kier alpha value is -1.76. The Labute approximate surface area is 183 Å². The number of nitrogens with zero attached hydrogens (tertiary/aromatic N) is 1. The van der Waals surface area contributed by atoms with Crippen LogP contribution in [0.25, 0.3) is 0 Å². The molecule has 0 radical (unpaired) electrons. The molecule has 0 aliphatic heterocycles. The van der Waals surface area contributed by atoms with Crippen molar-refractivity contribution in [2.75, 3.05) is 13.2 Å². The van der Waals surface area contributed by atoms with E-state index in [1.807, 2.05) is 19.1 Å². The molecule has 1 N–H and O–H groups in total. The quantitative estimate of drug-likeness (QED) is 0.587. The molecule has 0 spiro atoms. The molecule has 0 saturated heterocycles. The first-order chi connectivity index (χ1) is 13.3. The third kappa shape index (κ3) is 6.12. The number of ether oxygens (including phenoxy) is 1. The molecule has 5 nitrogen and oxygen atoms in total. The summed E-state index contributed by atoms with van der Waals surface area (Å²) >= 11 is 15.9. The lowest BCUT2D eigenvalue weighted by Crippen LogP contribution is -2.49. The van der Waals surface area contributed by atoms with Crippen LogP contribution in [0.1, 0.15) is 19.4 Å². The first kappa shape index (κ1) is 22.5. The number of carbonyl (C=O) groups is 2. The summed E-state index contributed by atoms with van der Waals surface area (Å²) in [4.78, 5) is 26.6. The minimum absolute atomic E-state index is 0.0966. The van der Waals surface area contributed by atoms with Gasteiger partial charge < -0.3 is 15.0 Å². The summed E-state index contributed by atoms with van der Waals surface area (Å²) in [7, 11) is 0. The lowest BCUT2D eigenvalue weighted by Gasteiger charge is -2.29. The lowest BCUT2D eigenvalue weighted by molar-refractivity contribution is -0.142. The fourth-order valence-electron chi connectivity index (χ4n) is 2.52. The van der Waals surface area contributed by atoms with Gasteiger partial charge in [-0.05, 0) is 50.2 Å². The molecule has 0 unspecified atom stereocenters. The van der Waals surface area contributed by atoms with E-state index < -0.39 is 6.04 Å². The molecule has 0 aromatic heterocycles. The van der Waals surface area contributed by atoms with Crippen molar-refractivity contribution in [3.8, 4) is 5.75 Å². The molecule has 0 bridgehead atoms.